The third-order valence-electron chi connectivity index (χ3n) is 2.62. The maximum atomic E-state index is 11.4. The zero-order chi connectivity index (χ0) is 10.7. The van der Waals surface area contributed by atoms with Crippen molar-refractivity contribution in [3.8, 4) is 6.07 Å². The molecule has 0 aromatic heterocycles. The van der Waals surface area contributed by atoms with Gasteiger partial charge in [-0.15, -0.1) is 0 Å². The lowest BCUT2D eigenvalue weighted by Crippen LogP contribution is -2.38. The van der Waals surface area contributed by atoms with Gasteiger partial charge in [0.05, 0.1) is 19.3 Å². The number of ether oxygens (including phenoxy) is 1. The summed E-state index contributed by atoms with van der Waals surface area (Å²) in [5.74, 6) is -0.721. The van der Waals surface area contributed by atoms with Crippen LogP contribution in [0.5, 0.6) is 0 Å². The monoisotopic (exact) mass is 198 g/mol. The Morgan fingerprint density at radius 1 is 1.79 bits per heavy atom. The van der Waals surface area contributed by atoms with Gasteiger partial charge < -0.3 is 9.84 Å². The predicted octanol–water partition coefficient (Wildman–Crippen LogP) is -0.636. The van der Waals surface area contributed by atoms with Crippen LogP contribution in [0.4, 0.5) is 0 Å². The lowest BCUT2D eigenvalue weighted by molar-refractivity contribution is -0.146. The molecule has 0 aromatic carbocycles. The number of β-amino-alcohol motifs (C(OH)–C–C–N with tert-alkyl or cyclic N) is 1. The molecule has 1 fully saturated rings. The van der Waals surface area contributed by atoms with Gasteiger partial charge >= 0.3 is 5.97 Å². The zero-order valence-electron chi connectivity index (χ0n) is 8.30. The number of carbonyl (C=O) groups is 1. The molecule has 0 spiro atoms. The van der Waals surface area contributed by atoms with Crippen molar-refractivity contribution in [3.63, 3.8) is 0 Å². The molecule has 5 nitrogen and oxygen atoms in total. The van der Waals surface area contributed by atoms with E-state index in [1.165, 1.54) is 7.11 Å². The lowest BCUT2D eigenvalue weighted by atomic mass is 9.95. The summed E-state index contributed by atoms with van der Waals surface area (Å²) in [4.78, 5) is 13.1. The van der Waals surface area contributed by atoms with E-state index in [9.17, 15) is 9.90 Å². The third-order valence-corrected chi connectivity index (χ3v) is 2.62. The van der Waals surface area contributed by atoms with Gasteiger partial charge in [-0.3, -0.25) is 9.69 Å². The van der Waals surface area contributed by atoms with Crippen molar-refractivity contribution in [2.45, 2.75) is 18.6 Å². The van der Waals surface area contributed by atoms with Crippen LogP contribution in [0.15, 0.2) is 0 Å². The van der Waals surface area contributed by atoms with Gasteiger partial charge in [-0.25, -0.2) is 0 Å². The van der Waals surface area contributed by atoms with Crippen LogP contribution in [0.3, 0.4) is 0 Å². The fraction of sp³-hybridized carbons (Fsp3) is 0.778. The summed E-state index contributed by atoms with van der Waals surface area (Å²) in [6.45, 7) is 0.409. The molecular weight excluding hydrogens is 184 g/mol. The molecule has 0 amide bonds. The van der Waals surface area contributed by atoms with Crippen LogP contribution >= 0.6 is 0 Å². The minimum absolute atomic E-state index is 0.172. The second kappa shape index (κ2) is 4.40. The molecule has 0 aromatic rings. The quantitative estimate of drug-likeness (QED) is 0.598. The number of aliphatic hydroxyl groups is 1. The number of likely N-dealkylation sites (tertiary alicyclic amines) is 1. The highest BCUT2D eigenvalue weighted by atomic mass is 16.5. The molecule has 1 saturated heterocycles. The Kier molecular flexibility index (Phi) is 3.44. The minimum Gasteiger partial charge on any atom is -0.468 e. The SMILES string of the molecule is COC(=O)[C@@H]1[C@H](CC#N)[C@@H](O)CN1C. The number of carbonyl (C=O) groups excluding carboxylic acids is 1. The van der Waals surface area contributed by atoms with E-state index in [4.69, 9.17) is 5.26 Å². The molecule has 0 radical (unpaired) electrons. The van der Waals surface area contributed by atoms with Crippen LogP contribution in [-0.2, 0) is 9.53 Å². The molecule has 0 bridgehead atoms. The zero-order valence-corrected chi connectivity index (χ0v) is 8.30. The molecule has 1 heterocycles. The Morgan fingerprint density at radius 3 is 2.93 bits per heavy atom. The van der Waals surface area contributed by atoms with E-state index in [1.54, 1.807) is 11.9 Å². The first-order valence-electron chi connectivity index (χ1n) is 4.45. The first-order valence-corrected chi connectivity index (χ1v) is 4.45. The Morgan fingerprint density at radius 2 is 2.43 bits per heavy atom. The molecule has 1 rings (SSSR count). The fourth-order valence-electron chi connectivity index (χ4n) is 1.91. The van der Waals surface area contributed by atoms with Gasteiger partial charge in [-0.05, 0) is 7.05 Å². The van der Waals surface area contributed by atoms with Crippen LogP contribution in [-0.4, -0.2) is 48.8 Å². The lowest BCUT2D eigenvalue weighted by Gasteiger charge is -2.20. The van der Waals surface area contributed by atoms with Crippen molar-refractivity contribution in [1.82, 2.24) is 4.90 Å². The maximum Gasteiger partial charge on any atom is 0.323 e. The molecule has 78 valence electrons. The van der Waals surface area contributed by atoms with E-state index in [-0.39, 0.29) is 18.3 Å². The molecule has 1 aliphatic rings. The van der Waals surface area contributed by atoms with Crippen molar-refractivity contribution in [1.29, 1.82) is 5.26 Å². The van der Waals surface area contributed by atoms with Crippen molar-refractivity contribution in [2.75, 3.05) is 20.7 Å². The van der Waals surface area contributed by atoms with E-state index in [0.29, 0.717) is 6.54 Å². The smallest absolute Gasteiger partial charge is 0.323 e. The number of aliphatic hydroxyl groups excluding tert-OH is 1. The Labute approximate surface area is 82.9 Å². The summed E-state index contributed by atoms with van der Waals surface area (Å²) < 4.78 is 4.63. The van der Waals surface area contributed by atoms with E-state index >= 15 is 0 Å². The molecule has 0 aliphatic carbocycles. The number of methoxy groups -OCH3 is 1. The number of likely N-dealkylation sites (N-methyl/N-ethyl adjacent to an activating group) is 1. The molecule has 0 saturated carbocycles. The van der Waals surface area contributed by atoms with E-state index in [2.05, 4.69) is 4.74 Å². The minimum atomic E-state index is -0.622. The number of nitrogens with zero attached hydrogens (tertiary/aromatic N) is 2. The number of esters is 1. The van der Waals surface area contributed by atoms with Crippen LogP contribution in [0.2, 0.25) is 0 Å². The number of rotatable bonds is 2. The number of nitriles is 1. The Balaban J connectivity index is 2.78. The molecule has 5 heteroatoms. The molecule has 1 N–H and O–H groups in total. The van der Waals surface area contributed by atoms with Gasteiger partial charge in [-0.1, -0.05) is 0 Å². The summed E-state index contributed by atoms with van der Waals surface area (Å²) in [7, 11) is 3.05. The molecule has 0 unspecified atom stereocenters. The Hall–Kier alpha value is -1.12. The largest absolute Gasteiger partial charge is 0.468 e. The van der Waals surface area contributed by atoms with Crippen LogP contribution in [0, 0.1) is 17.2 Å². The molecular formula is C9H14N2O3. The molecule has 3 atom stereocenters. The Bertz CT molecular complexity index is 261. The average molecular weight is 198 g/mol. The second-order valence-electron chi connectivity index (χ2n) is 3.50. The van der Waals surface area contributed by atoms with Gasteiger partial charge in [0, 0.05) is 18.9 Å². The van der Waals surface area contributed by atoms with Gasteiger partial charge in [-0.2, -0.15) is 5.26 Å². The van der Waals surface area contributed by atoms with Crippen LogP contribution in [0.25, 0.3) is 0 Å². The van der Waals surface area contributed by atoms with Crippen molar-refractivity contribution < 1.29 is 14.6 Å². The first-order chi connectivity index (χ1) is 6.61. The normalized spacial score (nSPS) is 32.6. The molecule has 14 heavy (non-hydrogen) atoms. The van der Waals surface area contributed by atoms with Gasteiger partial charge in [0.1, 0.15) is 6.04 Å². The summed E-state index contributed by atoms with van der Waals surface area (Å²) >= 11 is 0. The first kappa shape index (κ1) is 11.0. The highest BCUT2D eigenvalue weighted by Gasteiger charge is 2.43. The third kappa shape index (κ3) is 1.86. The van der Waals surface area contributed by atoms with Gasteiger partial charge in [0.2, 0.25) is 0 Å². The highest BCUT2D eigenvalue weighted by molar-refractivity contribution is 5.76. The standard InChI is InChI=1S/C9H14N2O3/c1-11-5-7(12)6(3-4-10)8(11)9(13)14-2/h6-8,12H,3,5H2,1-2H3/t6-,7+,8+/m1/s1. The second-order valence-corrected chi connectivity index (χ2v) is 3.50. The number of hydrogen-bond acceptors (Lipinski definition) is 5. The van der Waals surface area contributed by atoms with Crippen molar-refractivity contribution >= 4 is 5.97 Å². The van der Waals surface area contributed by atoms with Crippen LogP contribution < -0.4 is 0 Å². The van der Waals surface area contributed by atoms with Gasteiger partial charge in [0.25, 0.3) is 0 Å². The van der Waals surface area contributed by atoms with Crippen LogP contribution in [0.1, 0.15) is 6.42 Å². The van der Waals surface area contributed by atoms with E-state index in [0.717, 1.165) is 0 Å². The highest BCUT2D eigenvalue weighted by Crippen LogP contribution is 2.26. The summed E-state index contributed by atoms with van der Waals surface area (Å²) in [6, 6.07) is 1.48. The van der Waals surface area contributed by atoms with Gasteiger partial charge in [0.15, 0.2) is 0 Å². The van der Waals surface area contributed by atoms with Crippen molar-refractivity contribution in [3.05, 3.63) is 0 Å². The summed E-state index contributed by atoms with van der Waals surface area (Å²) in [5, 5.41) is 18.2. The van der Waals surface area contributed by atoms with E-state index < -0.39 is 12.1 Å². The van der Waals surface area contributed by atoms with Crippen molar-refractivity contribution in [2.24, 2.45) is 5.92 Å². The fourth-order valence-corrected chi connectivity index (χ4v) is 1.91. The number of hydrogen-bond donors (Lipinski definition) is 1. The van der Waals surface area contributed by atoms with E-state index in [1.807, 2.05) is 6.07 Å². The average Bonchev–Trinajstić information content (AvgIpc) is 2.42. The molecule has 1 aliphatic heterocycles. The summed E-state index contributed by atoms with van der Waals surface area (Å²) in [6.07, 6.45) is -0.450. The maximum absolute atomic E-state index is 11.4. The topological polar surface area (TPSA) is 73.6 Å². The summed E-state index contributed by atoms with van der Waals surface area (Å²) in [5.41, 5.74) is 0. The predicted molar refractivity (Wildman–Crippen MR) is 48.2 cm³/mol.